The number of hydrogen-bond donors (Lipinski definition) is 2. The molecule has 8 heteroatoms. The van der Waals surface area contributed by atoms with Crippen LogP contribution >= 0.6 is 0 Å². The van der Waals surface area contributed by atoms with Gasteiger partial charge in [0.1, 0.15) is 11.2 Å². The molecule has 8 nitrogen and oxygen atoms in total. The van der Waals surface area contributed by atoms with E-state index in [0.29, 0.717) is 72.8 Å². The summed E-state index contributed by atoms with van der Waals surface area (Å²) in [4.78, 5) is 36.1. The number of fused-ring (bicyclic) bond motifs is 3. The molecule has 9 aliphatic heterocycles. The van der Waals surface area contributed by atoms with Crippen LogP contribution in [0.3, 0.4) is 0 Å². The van der Waals surface area contributed by atoms with Crippen LogP contribution < -0.4 is 5.73 Å². The predicted octanol–water partition coefficient (Wildman–Crippen LogP) is 7.77. The molecule has 3 spiro atoms. The van der Waals surface area contributed by atoms with Gasteiger partial charge in [0.2, 0.25) is 0 Å². The summed E-state index contributed by atoms with van der Waals surface area (Å²) in [6.07, 6.45) is 17.0. The van der Waals surface area contributed by atoms with Crippen LogP contribution in [0.1, 0.15) is 112 Å². The molecule has 12 bridgehead atoms. The molecular formula is C49H57N3O5. The van der Waals surface area contributed by atoms with E-state index in [9.17, 15) is 9.90 Å². The molecule has 2 saturated carbocycles. The van der Waals surface area contributed by atoms with Crippen molar-refractivity contribution in [2.45, 2.75) is 115 Å². The highest BCUT2D eigenvalue weighted by molar-refractivity contribution is 6.01. The Balaban J connectivity index is 1.14. The number of nitrogens with two attached hydrogens (primary N) is 1. The Morgan fingerprint density at radius 1 is 1.02 bits per heavy atom. The molecule has 13 atom stereocenters. The van der Waals surface area contributed by atoms with Gasteiger partial charge < -0.3 is 25.2 Å². The quantitative estimate of drug-likeness (QED) is 0.301. The molecule has 57 heavy (non-hydrogen) atoms. The molecule has 0 aromatic heterocycles. The monoisotopic (exact) mass is 767 g/mol. The van der Waals surface area contributed by atoms with E-state index in [0.717, 1.165) is 69.3 Å². The number of allylic oxidation sites excluding steroid dienone is 6. The van der Waals surface area contributed by atoms with Crippen LogP contribution in [0, 0.1) is 52.3 Å². The van der Waals surface area contributed by atoms with Crippen LogP contribution in [0.5, 0.6) is 0 Å². The van der Waals surface area contributed by atoms with E-state index >= 15 is 4.79 Å². The normalized spacial score (nSPS) is 45.3. The third-order valence-corrected chi connectivity index (χ3v) is 18.5. The lowest BCUT2D eigenvalue weighted by Gasteiger charge is -2.72. The number of nitrogens with zero attached hydrogens (tertiary/aromatic N) is 2. The molecular weight excluding hydrogens is 711 g/mol. The number of carbonyl (C=O) groups excluding carboxylic acids is 2. The summed E-state index contributed by atoms with van der Waals surface area (Å²) in [5, 5.41) is 12.8. The fraction of sp³-hybridized carbons (Fsp3) is 0.633. The molecule has 0 radical (unpaired) electrons. The minimum atomic E-state index is -1.12. The largest absolute Gasteiger partial charge is 0.509 e. The second kappa shape index (κ2) is 11.3. The predicted molar refractivity (Wildman–Crippen MR) is 214 cm³/mol. The highest BCUT2D eigenvalue weighted by atomic mass is 16.6. The number of aryl methyl sites for hydroxylation is 1. The Kier molecular flexibility index (Phi) is 6.82. The zero-order valence-corrected chi connectivity index (χ0v) is 33.7. The number of esters is 2. The maximum atomic E-state index is 15.8. The topological polar surface area (TPSA) is 105 Å². The number of rotatable bonds is 3. The first kappa shape index (κ1) is 34.3. The van der Waals surface area contributed by atoms with Crippen LogP contribution in [0.2, 0.25) is 0 Å². The molecule has 298 valence electrons. The van der Waals surface area contributed by atoms with Crippen molar-refractivity contribution < 1.29 is 24.2 Å². The van der Waals surface area contributed by atoms with Crippen LogP contribution in [-0.2, 0) is 26.3 Å². The molecule has 1 aromatic carbocycles. The lowest BCUT2D eigenvalue weighted by Crippen LogP contribution is -2.77. The zero-order valence-electron chi connectivity index (χ0n) is 33.7. The van der Waals surface area contributed by atoms with Crippen molar-refractivity contribution in [1.29, 1.82) is 0 Å². The molecule has 9 heterocycles. The smallest absolute Gasteiger partial charge is 0.339 e. The standard InChI is InChI=1S/C49H57N3O5/c1-25-11-13-33-32-9-3-7-29-21-30-12-14-36-31-20-27-22-51(24-31)26(2)19-37(53)44-47-16-15-34(41(39(29)32)43(30)52(36)23-27)42(33)48(47,46(55)56-44)38(18-25)49(47)35-10-4-6-28(8-5-17-50)40(35)45(54)57-49/h3-4,6,9-10,25-27,29,31,36,38-39,41,53H,5,7-8,11-24,50H2,1-2H3. The number of hydrogen-bond acceptors (Lipinski definition) is 8. The van der Waals surface area contributed by atoms with Crippen molar-refractivity contribution in [3.63, 3.8) is 0 Å². The maximum Gasteiger partial charge on any atom is 0.339 e. The summed E-state index contributed by atoms with van der Waals surface area (Å²) < 4.78 is 14.0. The lowest BCUT2D eigenvalue weighted by atomic mass is 9.27. The van der Waals surface area contributed by atoms with Crippen molar-refractivity contribution in [3.8, 4) is 0 Å². The number of aliphatic hydroxyl groups is 1. The number of carbonyl (C=O) groups is 2. The Morgan fingerprint density at radius 3 is 2.79 bits per heavy atom. The van der Waals surface area contributed by atoms with Gasteiger partial charge in [-0.05, 0) is 142 Å². The van der Waals surface area contributed by atoms with Crippen molar-refractivity contribution in [3.05, 3.63) is 92.1 Å². The first-order valence-electron chi connectivity index (χ1n) is 22.8. The summed E-state index contributed by atoms with van der Waals surface area (Å²) in [6, 6.07) is 6.87. The fourth-order valence-electron chi connectivity index (χ4n) is 16.8. The van der Waals surface area contributed by atoms with Crippen LogP contribution in [0.15, 0.2) is 75.4 Å². The van der Waals surface area contributed by atoms with Gasteiger partial charge in [0.25, 0.3) is 0 Å². The van der Waals surface area contributed by atoms with Gasteiger partial charge in [-0.1, -0.05) is 48.4 Å². The van der Waals surface area contributed by atoms with Crippen LogP contribution in [-0.4, -0.2) is 65.1 Å². The summed E-state index contributed by atoms with van der Waals surface area (Å²) in [6.45, 7) is 8.34. The third-order valence-electron chi connectivity index (χ3n) is 18.5. The molecule has 5 fully saturated rings. The second-order valence-corrected chi connectivity index (χ2v) is 20.7. The fourth-order valence-corrected chi connectivity index (χ4v) is 16.8. The van der Waals surface area contributed by atoms with Crippen molar-refractivity contribution in [2.24, 2.45) is 58.0 Å². The van der Waals surface area contributed by atoms with Gasteiger partial charge in [-0.3, -0.25) is 9.69 Å². The van der Waals surface area contributed by atoms with Crippen LogP contribution in [0.25, 0.3) is 0 Å². The SMILES string of the molecule is CC1CCC2=C3C=CCC4CC5=C6C(C7=C2C28C(=O)OC(=C(O)CC(C)N9CC%10CC(C9)C(CC5)N6C%10)C2(CC7)C2(OC(=O)c5c(CCCN)cccc52)C8C1)C34. The molecule has 15 aliphatic rings. The van der Waals surface area contributed by atoms with E-state index < -0.39 is 16.4 Å². The zero-order chi connectivity index (χ0) is 38.3. The van der Waals surface area contributed by atoms with E-state index in [1.165, 1.54) is 48.0 Å². The Hall–Kier alpha value is -3.62. The molecule has 1 aromatic rings. The van der Waals surface area contributed by atoms with E-state index in [-0.39, 0.29) is 35.6 Å². The lowest BCUT2D eigenvalue weighted by molar-refractivity contribution is -0.279. The van der Waals surface area contributed by atoms with Gasteiger partial charge in [-0.15, -0.1) is 0 Å². The first-order valence-corrected chi connectivity index (χ1v) is 22.8. The summed E-state index contributed by atoms with van der Waals surface area (Å²) in [5.41, 5.74) is 14.3. The maximum absolute atomic E-state index is 15.8. The molecule has 3 saturated heterocycles. The van der Waals surface area contributed by atoms with Gasteiger partial charge in [-0.2, -0.15) is 0 Å². The number of piperidine rings is 2. The minimum Gasteiger partial charge on any atom is -0.509 e. The van der Waals surface area contributed by atoms with E-state index in [2.05, 4.69) is 54.0 Å². The number of benzene rings is 1. The van der Waals surface area contributed by atoms with Crippen molar-refractivity contribution >= 4 is 11.9 Å². The Morgan fingerprint density at radius 2 is 1.91 bits per heavy atom. The third kappa shape index (κ3) is 3.79. The highest BCUT2D eigenvalue weighted by Gasteiger charge is 2.94. The van der Waals surface area contributed by atoms with Gasteiger partial charge >= 0.3 is 11.9 Å². The molecule has 16 rings (SSSR count). The van der Waals surface area contributed by atoms with E-state index in [4.69, 9.17) is 15.2 Å². The van der Waals surface area contributed by atoms with Crippen molar-refractivity contribution in [2.75, 3.05) is 26.2 Å². The first-order chi connectivity index (χ1) is 27.7. The van der Waals surface area contributed by atoms with Gasteiger partial charge in [0.05, 0.1) is 11.0 Å². The molecule has 6 aliphatic carbocycles. The number of aliphatic hydroxyl groups excluding tert-OH is 1. The molecule has 3 N–H and O–H groups in total. The average molecular weight is 768 g/mol. The summed E-state index contributed by atoms with van der Waals surface area (Å²) >= 11 is 0. The minimum absolute atomic E-state index is 0.0775. The highest BCUT2D eigenvalue weighted by Crippen LogP contribution is 2.88. The van der Waals surface area contributed by atoms with Gasteiger partial charge in [0.15, 0.2) is 11.4 Å². The van der Waals surface area contributed by atoms with E-state index in [1.807, 2.05) is 0 Å². The second-order valence-electron chi connectivity index (χ2n) is 20.7. The summed E-state index contributed by atoms with van der Waals surface area (Å²) in [7, 11) is 0. The van der Waals surface area contributed by atoms with E-state index in [1.54, 1.807) is 11.3 Å². The Labute approximate surface area is 336 Å². The van der Waals surface area contributed by atoms with Crippen molar-refractivity contribution in [1.82, 2.24) is 9.80 Å². The average Bonchev–Trinajstić information content (AvgIpc) is 3.66. The van der Waals surface area contributed by atoms with Crippen LogP contribution in [0.4, 0.5) is 0 Å². The Bertz CT molecular complexity index is 2250. The molecule has 13 unspecified atom stereocenters. The summed E-state index contributed by atoms with van der Waals surface area (Å²) in [5.74, 6) is 2.55. The van der Waals surface area contributed by atoms with Gasteiger partial charge in [0, 0.05) is 61.2 Å². The number of ether oxygens (including phenoxy) is 2. The van der Waals surface area contributed by atoms with Gasteiger partial charge in [-0.25, -0.2) is 4.79 Å². The molecule has 0 amide bonds.